The predicted molar refractivity (Wildman–Crippen MR) is 28.9 cm³/mol. The Hall–Kier alpha value is -0.610. The van der Waals surface area contributed by atoms with Crippen LogP contribution >= 0.6 is 0 Å². The molecule has 0 radical (unpaired) electrons. The lowest BCUT2D eigenvalue weighted by Crippen LogP contribution is -2.30. The highest BCUT2D eigenvalue weighted by Gasteiger charge is 2.02. The molecule has 0 aliphatic carbocycles. The molecule has 1 unspecified atom stereocenters. The van der Waals surface area contributed by atoms with E-state index in [1.54, 1.807) is 0 Å². The van der Waals surface area contributed by atoms with E-state index < -0.39 is 11.9 Å². The standard InChI is InChI=1S/C4H10N2O2/c5-3(2-7)1-4(6)8/h3,7H,1-2,5H2,(H2,6,8). The molecule has 0 aromatic rings. The number of primary amides is 1. The van der Waals surface area contributed by atoms with Crippen molar-refractivity contribution >= 4 is 5.91 Å². The highest BCUT2D eigenvalue weighted by molar-refractivity contribution is 5.74. The molecule has 1 amide bonds. The molecule has 1 atom stereocenters. The summed E-state index contributed by atoms with van der Waals surface area (Å²) < 4.78 is 0. The molecule has 5 N–H and O–H groups in total. The molecule has 0 heterocycles. The third-order valence-electron chi connectivity index (χ3n) is 0.698. The molecular weight excluding hydrogens is 108 g/mol. The van der Waals surface area contributed by atoms with Gasteiger partial charge in [-0.2, -0.15) is 0 Å². The molecule has 0 saturated carbocycles. The molecule has 0 aliphatic rings. The monoisotopic (exact) mass is 118 g/mol. The molecule has 0 spiro atoms. The Morgan fingerprint density at radius 3 is 2.38 bits per heavy atom. The number of hydrogen-bond acceptors (Lipinski definition) is 3. The zero-order valence-corrected chi connectivity index (χ0v) is 4.50. The summed E-state index contributed by atoms with van der Waals surface area (Å²) in [4.78, 5) is 10.00. The van der Waals surface area contributed by atoms with Crippen LogP contribution in [0.25, 0.3) is 0 Å². The Morgan fingerprint density at radius 2 is 2.25 bits per heavy atom. The van der Waals surface area contributed by atoms with Crippen LogP contribution < -0.4 is 11.5 Å². The molecular formula is C4H10N2O2. The lowest BCUT2D eigenvalue weighted by atomic mass is 10.2. The number of rotatable bonds is 3. The summed E-state index contributed by atoms with van der Waals surface area (Å²) in [6, 6.07) is -0.493. The average molecular weight is 118 g/mol. The molecule has 0 aromatic heterocycles. The zero-order valence-electron chi connectivity index (χ0n) is 4.50. The van der Waals surface area contributed by atoms with Gasteiger partial charge in [0.15, 0.2) is 0 Å². The largest absolute Gasteiger partial charge is 0.395 e. The van der Waals surface area contributed by atoms with E-state index in [2.05, 4.69) is 0 Å². The summed E-state index contributed by atoms with van der Waals surface area (Å²) in [6.45, 7) is -0.192. The van der Waals surface area contributed by atoms with Crippen molar-refractivity contribution in [3.63, 3.8) is 0 Å². The summed E-state index contributed by atoms with van der Waals surface area (Å²) in [5, 5.41) is 8.25. The number of aliphatic hydroxyl groups excluding tert-OH is 1. The molecule has 4 heteroatoms. The van der Waals surface area contributed by atoms with Gasteiger partial charge >= 0.3 is 0 Å². The molecule has 0 fully saturated rings. The first-order valence-electron chi connectivity index (χ1n) is 2.31. The topological polar surface area (TPSA) is 89.3 Å². The van der Waals surface area contributed by atoms with Gasteiger partial charge in [0.05, 0.1) is 6.61 Å². The van der Waals surface area contributed by atoms with Gasteiger partial charge < -0.3 is 16.6 Å². The van der Waals surface area contributed by atoms with Gasteiger partial charge in [-0.15, -0.1) is 0 Å². The van der Waals surface area contributed by atoms with Crippen molar-refractivity contribution in [3.05, 3.63) is 0 Å². The first-order valence-corrected chi connectivity index (χ1v) is 2.31. The van der Waals surface area contributed by atoms with E-state index in [0.717, 1.165) is 0 Å². The van der Waals surface area contributed by atoms with Crippen LogP contribution in [0, 0.1) is 0 Å². The lowest BCUT2D eigenvalue weighted by molar-refractivity contribution is -0.118. The molecule has 48 valence electrons. The van der Waals surface area contributed by atoms with Crippen LogP contribution in [0.4, 0.5) is 0 Å². The highest BCUT2D eigenvalue weighted by Crippen LogP contribution is 1.81. The third-order valence-corrected chi connectivity index (χ3v) is 0.698. The van der Waals surface area contributed by atoms with Gasteiger partial charge in [0.2, 0.25) is 5.91 Å². The number of nitrogens with two attached hydrogens (primary N) is 2. The van der Waals surface area contributed by atoms with E-state index in [1.165, 1.54) is 0 Å². The lowest BCUT2D eigenvalue weighted by Gasteiger charge is -2.01. The molecule has 0 bridgehead atoms. The maximum atomic E-state index is 10.00. The quantitative estimate of drug-likeness (QED) is 0.407. The summed E-state index contributed by atoms with van der Waals surface area (Å²) in [5.74, 6) is -0.480. The molecule has 0 rings (SSSR count). The Bertz CT molecular complexity index is 84.1. The maximum Gasteiger partial charge on any atom is 0.219 e. The molecule has 4 nitrogen and oxygen atoms in total. The van der Waals surface area contributed by atoms with Gasteiger partial charge in [0, 0.05) is 12.5 Å². The van der Waals surface area contributed by atoms with Gasteiger partial charge in [0.25, 0.3) is 0 Å². The summed E-state index contributed by atoms with van der Waals surface area (Å²) >= 11 is 0. The third kappa shape index (κ3) is 3.58. The van der Waals surface area contributed by atoms with Crippen LogP contribution in [-0.2, 0) is 4.79 Å². The highest BCUT2D eigenvalue weighted by atomic mass is 16.3. The summed E-state index contributed by atoms with van der Waals surface area (Å²) in [7, 11) is 0. The second kappa shape index (κ2) is 3.40. The van der Waals surface area contributed by atoms with Crippen LogP contribution in [0.5, 0.6) is 0 Å². The van der Waals surface area contributed by atoms with E-state index in [4.69, 9.17) is 16.6 Å². The van der Waals surface area contributed by atoms with E-state index in [-0.39, 0.29) is 13.0 Å². The first-order chi connectivity index (χ1) is 3.66. The fourth-order valence-corrected chi connectivity index (χ4v) is 0.323. The van der Waals surface area contributed by atoms with E-state index in [0.29, 0.717) is 0 Å². The second-order valence-corrected chi connectivity index (χ2v) is 1.61. The smallest absolute Gasteiger partial charge is 0.219 e. The van der Waals surface area contributed by atoms with Gasteiger partial charge in [0.1, 0.15) is 0 Å². The number of carbonyl (C=O) groups is 1. The Labute approximate surface area is 47.5 Å². The fraction of sp³-hybridized carbons (Fsp3) is 0.750. The van der Waals surface area contributed by atoms with E-state index >= 15 is 0 Å². The van der Waals surface area contributed by atoms with Crippen molar-refractivity contribution < 1.29 is 9.90 Å². The van der Waals surface area contributed by atoms with Crippen LogP contribution in [0.1, 0.15) is 6.42 Å². The maximum absolute atomic E-state index is 10.00. The number of amides is 1. The van der Waals surface area contributed by atoms with E-state index in [1.807, 2.05) is 0 Å². The molecule has 0 aliphatic heterocycles. The van der Waals surface area contributed by atoms with Gasteiger partial charge in [-0.3, -0.25) is 4.79 Å². The zero-order chi connectivity index (χ0) is 6.57. The normalized spacial score (nSPS) is 13.2. The van der Waals surface area contributed by atoms with Crippen molar-refractivity contribution in [2.24, 2.45) is 11.5 Å². The van der Waals surface area contributed by atoms with Gasteiger partial charge in [-0.05, 0) is 0 Å². The van der Waals surface area contributed by atoms with Crippen LogP contribution in [0.2, 0.25) is 0 Å². The Balaban J connectivity index is 3.24. The second-order valence-electron chi connectivity index (χ2n) is 1.61. The fourth-order valence-electron chi connectivity index (χ4n) is 0.323. The number of hydrogen-bond donors (Lipinski definition) is 3. The Kier molecular flexibility index (Phi) is 3.14. The van der Waals surface area contributed by atoms with Crippen LogP contribution in [-0.4, -0.2) is 23.7 Å². The van der Waals surface area contributed by atoms with Crippen molar-refractivity contribution in [1.82, 2.24) is 0 Å². The average Bonchev–Trinajstić information content (AvgIpc) is 1.65. The predicted octanol–water partition coefficient (Wildman–Crippen LogP) is -1.82. The SMILES string of the molecule is NC(=O)CC(N)CO. The van der Waals surface area contributed by atoms with Crippen molar-refractivity contribution in [2.45, 2.75) is 12.5 Å². The van der Waals surface area contributed by atoms with Crippen molar-refractivity contribution in [2.75, 3.05) is 6.61 Å². The first kappa shape index (κ1) is 7.39. The Morgan fingerprint density at radius 1 is 1.75 bits per heavy atom. The number of carbonyl (C=O) groups excluding carboxylic acids is 1. The van der Waals surface area contributed by atoms with Crippen molar-refractivity contribution in [3.8, 4) is 0 Å². The number of aliphatic hydroxyl groups is 1. The minimum atomic E-state index is -0.493. The molecule has 0 saturated heterocycles. The minimum Gasteiger partial charge on any atom is -0.395 e. The summed E-state index contributed by atoms with van der Waals surface area (Å²) in [5.41, 5.74) is 9.86. The molecule has 8 heavy (non-hydrogen) atoms. The van der Waals surface area contributed by atoms with Crippen LogP contribution in [0.3, 0.4) is 0 Å². The van der Waals surface area contributed by atoms with Gasteiger partial charge in [-0.25, -0.2) is 0 Å². The van der Waals surface area contributed by atoms with Gasteiger partial charge in [-0.1, -0.05) is 0 Å². The minimum absolute atomic E-state index is 0.0521. The van der Waals surface area contributed by atoms with Crippen molar-refractivity contribution in [1.29, 1.82) is 0 Å². The summed E-state index contributed by atoms with van der Waals surface area (Å²) in [6.07, 6.45) is 0.0521. The van der Waals surface area contributed by atoms with Crippen LogP contribution in [0.15, 0.2) is 0 Å². The van der Waals surface area contributed by atoms with E-state index in [9.17, 15) is 4.79 Å². The molecule has 0 aromatic carbocycles.